The van der Waals surface area contributed by atoms with Gasteiger partial charge in [-0.15, -0.1) is 0 Å². The molecule has 0 unspecified atom stereocenters. The first kappa shape index (κ1) is 7.29. The fourth-order valence-electron chi connectivity index (χ4n) is 0.791. The van der Waals surface area contributed by atoms with Gasteiger partial charge in [0.2, 0.25) is 0 Å². The van der Waals surface area contributed by atoms with Crippen molar-refractivity contribution in [2.24, 2.45) is 0 Å². The number of methoxy groups -OCH3 is 1. The van der Waals surface area contributed by atoms with Gasteiger partial charge in [-0.3, -0.25) is 0 Å². The summed E-state index contributed by atoms with van der Waals surface area (Å²) in [7, 11) is 1.69. The van der Waals surface area contributed by atoms with Gasteiger partial charge in [-0.25, -0.2) is 0 Å². The van der Waals surface area contributed by atoms with E-state index in [2.05, 4.69) is 12.1 Å². The van der Waals surface area contributed by atoms with Crippen LogP contribution in [-0.4, -0.2) is 7.11 Å². The van der Waals surface area contributed by atoms with Crippen LogP contribution in [0.25, 0.3) is 0 Å². The monoisotopic (exact) mass is 135 g/mol. The lowest BCUT2D eigenvalue weighted by Crippen LogP contribution is -1.86. The Morgan fingerprint density at radius 2 is 2.30 bits per heavy atom. The van der Waals surface area contributed by atoms with Gasteiger partial charge < -0.3 is 4.74 Å². The Bertz CT molecular complexity index is 188. The number of aryl methyl sites for hydroxylation is 1. The predicted molar refractivity (Wildman–Crippen MR) is 40.7 cm³/mol. The van der Waals surface area contributed by atoms with Crippen molar-refractivity contribution in [3.05, 3.63) is 35.4 Å². The van der Waals surface area contributed by atoms with Crippen molar-refractivity contribution in [1.29, 1.82) is 0 Å². The van der Waals surface area contributed by atoms with Gasteiger partial charge in [0.05, 0.1) is 6.61 Å². The highest BCUT2D eigenvalue weighted by molar-refractivity contribution is 5.19. The van der Waals surface area contributed by atoms with Crippen LogP contribution >= 0.6 is 0 Å². The van der Waals surface area contributed by atoms with Gasteiger partial charge in [0.25, 0.3) is 0 Å². The molecule has 1 aromatic rings. The summed E-state index contributed by atoms with van der Waals surface area (Å²) in [5.74, 6) is 0. The van der Waals surface area contributed by atoms with Crippen molar-refractivity contribution >= 4 is 0 Å². The van der Waals surface area contributed by atoms with E-state index in [4.69, 9.17) is 4.74 Å². The molecule has 1 aromatic carbocycles. The zero-order valence-corrected chi connectivity index (χ0v) is 6.35. The summed E-state index contributed by atoms with van der Waals surface area (Å²) in [5, 5.41) is 0. The average molecular weight is 135 g/mol. The highest BCUT2D eigenvalue weighted by Gasteiger charge is 1.88. The van der Waals surface area contributed by atoms with Gasteiger partial charge >= 0.3 is 0 Å². The zero-order valence-electron chi connectivity index (χ0n) is 6.35. The lowest BCUT2D eigenvalue weighted by molar-refractivity contribution is 0.185. The Morgan fingerprint density at radius 3 is 2.80 bits per heavy atom. The molecule has 10 heavy (non-hydrogen) atoms. The van der Waals surface area contributed by atoms with Gasteiger partial charge in [0.15, 0.2) is 0 Å². The zero-order chi connectivity index (χ0) is 7.40. The molecule has 0 saturated heterocycles. The van der Waals surface area contributed by atoms with Crippen LogP contribution in [0, 0.1) is 13.0 Å². The minimum Gasteiger partial charge on any atom is -0.380 e. The molecule has 0 N–H and O–H groups in total. The van der Waals surface area contributed by atoms with Crippen molar-refractivity contribution < 1.29 is 4.74 Å². The predicted octanol–water partition coefficient (Wildman–Crippen LogP) is 1.94. The van der Waals surface area contributed by atoms with Crippen molar-refractivity contribution in [2.45, 2.75) is 13.5 Å². The molecule has 0 amide bonds. The third kappa shape index (κ3) is 1.85. The summed E-state index contributed by atoms with van der Waals surface area (Å²) in [6, 6.07) is 9.15. The molecular formula is C9H11O. The maximum Gasteiger partial charge on any atom is 0.0713 e. The molecule has 0 aliphatic carbocycles. The summed E-state index contributed by atoms with van der Waals surface area (Å²) in [6.45, 7) is 2.70. The molecule has 0 atom stereocenters. The van der Waals surface area contributed by atoms with E-state index in [1.165, 1.54) is 11.1 Å². The van der Waals surface area contributed by atoms with Crippen molar-refractivity contribution in [2.75, 3.05) is 7.11 Å². The Morgan fingerprint density at radius 1 is 1.50 bits per heavy atom. The molecule has 1 nitrogen and oxygen atoms in total. The van der Waals surface area contributed by atoms with E-state index in [1.54, 1.807) is 7.11 Å². The Balaban J connectivity index is 2.69. The smallest absolute Gasteiger partial charge is 0.0713 e. The number of rotatable bonds is 2. The summed E-state index contributed by atoms with van der Waals surface area (Å²) in [6.07, 6.45) is 0. The van der Waals surface area contributed by atoms with E-state index >= 15 is 0 Å². The van der Waals surface area contributed by atoms with Gasteiger partial charge in [-0.05, 0) is 30.2 Å². The minimum absolute atomic E-state index is 0.677. The molecule has 0 aromatic heterocycles. The second-order valence-corrected chi connectivity index (χ2v) is 2.31. The Hall–Kier alpha value is -0.820. The average Bonchev–Trinajstić information content (AvgIpc) is 1.95. The molecule has 0 saturated carbocycles. The minimum atomic E-state index is 0.677. The maximum atomic E-state index is 4.95. The highest BCUT2D eigenvalue weighted by atomic mass is 16.5. The fraction of sp³-hybridized carbons (Fsp3) is 0.333. The fourth-order valence-corrected chi connectivity index (χ4v) is 0.791. The van der Waals surface area contributed by atoms with E-state index in [0.717, 1.165) is 0 Å². The van der Waals surface area contributed by atoms with Gasteiger partial charge in [-0.2, -0.15) is 0 Å². The third-order valence-corrected chi connectivity index (χ3v) is 1.34. The van der Waals surface area contributed by atoms with E-state index in [9.17, 15) is 0 Å². The molecule has 0 aliphatic heterocycles. The van der Waals surface area contributed by atoms with Crippen LogP contribution in [0.3, 0.4) is 0 Å². The standard InChI is InChI=1S/C9H11O/c1-8-3-5-9(6-4-8)7-10-2/h3,5-6H,7H2,1-2H3. The van der Waals surface area contributed by atoms with Crippen LogP contribution in [0.1, 0.15) is 11.1 Å². The van der Waals surface area contributed by atoms with Crippen LogP contribution < -0.4 is 0 Å². The molecule has 0 heterocycles. The molecular weight excluding hydrogens is 124 g/mol. The van der Waals surface area contributed by atoms with Crippen molar-refractivity contribution in [1.82, 2.24) is 0 Å². The second kappa shape index (κ2) is 3.37. The van der Waals surface area contributed by atoms with Crippen molar-refractivity contribution in [3.8, 4) is 0 Å². The van der Waals surface area contributed by atoms with E-state index in [0.29, 0.717) is 6.61 Å². The Labute approximate surface area is 61.6 Å². The van der Waals surface area contributed by atoms with Crippen LogP contribution in [0.15, 0.2) is 18.2 Å². The first-order chi connectivity index (χ1) is 4.83. The molecule has 1 rings (SSSR count). The van der Waals surface area contributed by atoms with E-state index in [1.807, 2.05) is 19.1 Å². The van der Waals surface area contributed by atoms with Crippen molar-refractivity contribution in [3.63, 3.8) is 0 Å². The molecule has 0 aliphatic rings. The summed E-state index contributed by atoms with van der Waals surface area (Å²) < 4.78 is 4.95. The maximum absolute atomic E-state index is 4.95. The molecule has 0 spiro atoms. The first-order valence-corrected chi connectivity index (χ1v) is 3.29. The van der Waals surface area contributed by atoms with E-state index in [-0.39, 0.29) is 0 Å². The quantitative estimate of drug-likeness (QED) is 0.602. The van der Waals surface area contributed by atoms with Gasteiger partial charge in [0, 0.05) is 7.11 Å². The summed E-state index contributed by atoms with van der Waals surface area (Å²) in [5.41, 5.74) is 2.34. The molecule has 0 fully saturated rings. The number of benzene rings is 1. The third-order valence-electron chi connectivity index (χ3n) is 1.34. The second-order valence-electron chi connectivity index (χ2n) is 2.31. The molecule has 0 bridgehead atoms. The van der Waals surface area contributed by atoms with Crippen LogP contribution in [0.2, 0.25) is 0 Å². The lowest BCUT2D eigenvalue weighted by atomic mass is 10.2. The highest BCUT2D eigenvalue weighted by Crippen LogP contribution is 2.02. The molecule has 1 heteroatoms. The van der Waals surface area contributed by atoms with Crippen LogP contribution in [0.4, 0.5) is 0 Å². The van der Waals surface area contributed by atoms with Gasteiger partial charge in [-0.1, -0.05) is 12.1 Å². The molecule has 1 radical (unpaired) electrons. The first-order valence-electron chi connectivity index (χ1n) is 3.29. The van der Waals surface area contributed by atoms with Crippen LogP contribution in [0.5, 0.6) is 0 Å². The topological polar surface area (TPSA) is 9.23 Å². The largest absolute Gasteiger partial charge is 0.380 e. The number of hydrogen-bond acceptors (Lipinski definition) is 1. The van der Waals surface area contributed by atoms with E-state index < -0.39 is 0 Å². The lowest BCUT2D eigenvalue weighted by Gasteiger charge is -1.97. The van der Waals surface area contributed by atoms with Gasteiger partial charge in [0.1, 0.15) is 0 Å². The molecule has 53 valence electrons. The number of hydrogen-bond donors (Lipinski definition) is 0. The SMILES string of the molecule is COCc1c[c]c(C)cc1. The number of ether oxygens (including phenoxy) is 1. The summed E-state index contributed by atoms with van der Waals surface area (Å²) >= 11 is 0. The Kier molecular flexibility index (Phi) is 2.46. The van der Waals surface area contributed by atoms with Crippen LogP contribution in [-0.2, 0) is 11.3 Å². The normalized spacial score (nSPS) is 9.80. The summed E-state index contributed by atoms with van der Waals surface area (Å²) in [4.78, 5) is 0.